The number of hydrogen-bond donors (Lipinski definition) is 2. The highest BCUT2D eigenvalue weighted by Gasteiger charge is 2.27. The van der Waals surface area contributed by atoms with Gasteiger partial charge in [-0.2, -0.15) is 0 Å². The summed E-state index contributed by atoms with van der Waals surface area (Å²) >= 11 is 1.43. The SMILES string of the molecule is NC1(CNC(=O)c2cscn2)CCCCC1. The molecule has 1 heterocycles. The van der Waals surface area contributed by atoms with Gasteiger partial charge in [-0.05, 0) is 12.8 Å². The van der Waals surface area contributed by atoms with E-state index in [9.17, 15) is 4.79 Å². The van der Waals surface area contributed by atoms with E-state index in [1.807, 2.05) is 0 Å². The summed E-state index contributed by atoms with van der Waals surface area (Å²) in [6.45, 7) is 0.559. The van der Waals surface area contributed by atoms with Crippen LogP contribution in [0.3, 0.4) is 0 Å². The van der Waals surface area contributed by atoms with Crippen molar-refractivity contribution in [2.45, 2.75) is 37.6 Å². The number of nitrogens with zero attached hydrogens (tertiary/aromatic N) is 1. The topological polar surface area (TPSA) is 68.0 Å². The first kappa shape index (κ1) is 11.5. The Morgan fingerprint density at radius 1 is 1.50 bits per heavy atom. The van der Waals surface area contributed by atoms with Crippen LogP contribution < -0.4 is 11.1 Å². The number of carbonyl (C=O) groups excluding carboxylic acids is 1. The van der Waals surface area contributed by atoms with Crippen molar-refractivity contribution in [3.05, 3.63) is 16.6 Å². The van der Waals surface area contributed by atoms with Gasteiger partial charge in [0.05, 0.1) is 5.51 Å². The van der Waals surface area contributed by atoms with Crippen LogP contribution >= 0.6 is 11.3 Å². The molecule has 0 spiro atoms. The maximum absolute atomic E-state index is 11.7. The number of nitrogens with two attached hydrogens (primary N) is 1. The summed E-state index contributed by atoms with van der Waals surface area (Å²) in [6.07, 6.45) is 5.61. The third kappa shape index (κ3) is 2.80. The molecule has 88 valence electrons. The van der Waals surface area contributed by atoms with Gasteiger partial charge in [0, 0.05) is 17.5 Å². The van der Waals surface area contributed by atoms with Crippen LogP contribution in [0.25, 0.3) is 0 Å². The smallest absolute Gasteiger partial charge is 0.270 e. The maximum atomic E-state index is 11.7. The number of hydrogen-bond acceptors (Lipinski definition) is 4. The molecule has 1 aromatic heterocycles. The average Bonchev–Trinajstić information content (AvgIpc) is 2.80. The van der Waals surface area contributed by atoms with Crippen LogP contribution in [0.4, 0.5) is 0 Å². The Balaban J connectivity index is 1.84. The normalized spacial score (nSPS) is 19.3. The molecule has 1 saturated carbocycles. The number of carbonyl (C=O) groups is 1. The third-order valence-electron chi connectivity index (χ3n) is 3.12. The molecule has 0 radical (unpaired) electrons. The molecule has 1 amide bonds. The Labute approximate surface area is 99.3 Å². The first-order chi connectivity index (χ1) is 7.70. The summed E-state index contributed by atoms with van der Waals surface area (Å²) < 4.78 is 0. The predicted molar refractivity (Wildman–Crippen MR) is 64.5 cm³/mol. The fourth-order valence-corrected chi connectivity index (χ4v) is 2.64. The average molecular weight is 239 g/mol. The monoisotopic (exact) mass is 239 g/mol. The van der Waals surface area contributed by atoms with Gasteiger partial charge in [-0.25, -0.2) is 4.98 Å². The zero-order valence-corrected chi connectivity index (χ0v) is 10.1. The largest absolute Gasteiger partial charge is 0.349 e. The molecule has 4 nitrogen and oxygen atoms in total. The van der Waals surface area contributed by atoms with Crippen molar-refractivity contribution >= 4 is 17.2 Å². The molecule has 0 bridgehead atoms. The molecule has 0 atom stereocenters. The Morgan fingerprint density at radius 2 is 2.25 bits per heavy atom. The van der Waals surface area contributed by atoms with Gasteiger partial charge in [0.15, 0.2) is 0 Å². The molecule has 1 aliphatic carbocycles. The summed E-state index contributed by atoms with van der Waals surface area (Å²) in [4.78, 5) is 15.6. The highest BCUT2D eigenvalue weighted by atomic mass is 32.1. The quantitative estimate of drug-likeness (QED) is 0.840. The van der Waals surface area contributed by atoms with Crippen LogP contribution in [0.5, 0.6) is 0 Å². The zero-order chi connectivity index (χ0) is 11.4. The van der Waals surface area contributed by atoms with Gasteiger partial charge in [-0.1, -0.05) is 19.3 Å². The number of nitrogens with one attached hydrogen (secondary N) is 1. The second-order valence-electron chi connectivity index (χ2n) is 4.48. The fraction of sp³-hybridized carbons (Fsp3) is 0.636. The molecule has 0 aliphatic heterocycles. The highest BCUT2D eigenvalue weighted by molar-refractivity contribution is 7.07. The van der Waals surface area contributed by atoms with Gasteiger partial charge in [0.2, 0.25) is 0 Å². The number of rotatable bonds is 3. The van der Waals surface area contributed by atoms with E-state index < -0.39 is 0 Å². The van der Waals surface area contributed by atoms with Crippen molar-refractivity contribution in [1.29, 1.82) is 0 Å². The van der Waals surface area contributed by atoms with Crippen LogP contribution in [0.1, 0.15) is 42.6 Å². The molecular formula is C11H17N3OS. The molecule has 0 unspecified atom stereocenters. The van der Waals surface area contributed by atoms with Crippen molar-refractivity contribution in [2.24, 2.45) is 5.73 Å². The molecule has 1 aromatic rings. The lowest BCUT2D eigenvalue weighted by molar-refractivity contribution is 0.0933. The van der Waals surface area contributed by atoms with E-state index >= 15 is 0 Å². The van der Waals surface area contributed by atoms with E-state index in [1.165, 1.54) is 30.6 Å². The summed E-state index contributed by atoms with van der Waals surface area (Å²) in [5.41, 5.74) is 8.17. The van der Waals surface area contributed by atoms with Gasteiger partial charge in [-0.3, -0.25) is 4.79 Å². The van der Waals surface area contributed by atoms with E-state index in [0.29, 0.717) is 12.2 Å². The number of thiazole rings is 1. The molecular weight excluding hydrogens is 222 g/mol. The number of amides is 1. The second-order valence-corrected chi connectivity index (χ2v) is 5.20. The molecule has 1 fully saturated rings. The Bertz CT molecular complexity index is 344. The van der Waals surface area contributed by atoms with E-state index in [4.69, 9.17) is 5.73 Å². The first-order valence-electron chi connectivity index (χ1n) is 5.65. The zero-order valence-electron chi connectivity index (χ0n) is 9.24. The second kappa shape index (κ2) is 4.93. The minimum absolute atomic E-state index is 0.114. The lowest BCUT2D eigenvalue weighted by Gasteiger charge is -2.33. The fourth-order valence-electron chi connectivity index (χ4n) is 2.10. The van der Waals surface area contributed by atoms with Gasteiger partial charge < -0.3 is 11.1 Å². The Morgan fingerprint density at radius 3 is 2.88 bits per heavy atom. The van der Waals surface area contributed by atoms with Crippen molar-refractivity contribution in [3.63, 3.8) is 0 Å². The maximum Gasteiger partial charge on any atom is 0.270 e. The van der Waals surface area contributed by atoms with Gasteiger partial charge in [0.1, 0.15) is 5.69 Å². The predicted octanol–water partition coefficient (Wildman–Crippen LogP) is 1.53. The lowest BCUT2D eigenvalue weighted by Crippen LogP contribution is -2.51. The van der Waals surface area contributed by atoms with Crippen molar-refractivity contribution < 1.29 is 4.79 Å². The minimum atomic E-state index is -0.204. The molecule has 2 rings (SSSR count). The van der Waals surface area contributed by atoms with Crippen LogP contribution in [0.2, 0.25) is 0 Å². The van der Waals surface area contributed by atoms with Gasteiger partial charge in [0.25, 0.3) is 5.91 Å². The molecule has 5 heteroatoms. The highest BCUT2D eigenvalue weighted by Crippen LogP contribution is 2.25. The molecule has 0 saturated heterocycles. The standard InChI is InChI=1S/C11H17N3OS/c12-11(4-2-1-3-5-11)7-13-10(15)9-6-16-8-14-9/h6,8H,1-5,7,12H2,(H,13,15). The van der Waals surface area contributed by atoms with Crippen molar-refractivity contribution in [3.8, 4) is 0 Å². The van der Waals surface area contributed by atoms with Gasteiger partial charge in [-0.15, -0.1) is 11.3 Å². The Kier molecular flexibility index (Phi) is 3.56. The minimum Gasteiger partial charge on any atom is -0.349 e. The summed E-state index contributed by atoms with van der Waals surface area (Å²) in [6, 6.07) is 0. The van der Waals surface area contributed by atoms with Crippen molar-refractivity contribution in [2.75, 3.05) is 6.54 Å². The summed E-state index contributed by atoms with van der Waals surface area (Å²) in [5.74, 6) is -0.114. The van der Waals surface area contributed by atoms with Crippen LogP contribution in [0, 0.1) is 0 Å². The van der Waals surface area contributed by atoms with E-state index in [-0.39, 0.29) is 11.4 Å². The first-order valence-corrected chi connectivity index (χ1v) is 6.59. The van der Waals surface area contributed by atoms with Crippen molar-refractivity contribution in [1.82, 2.24) is 10.3 Å². The van der Waals surface area contributed by atoms with Crippen LogP contribution in [0.15, 0.2) is 10.9 Å². The molecule has 0 aromatic carbocycles. The van der Waals surface area contributed by atoms with Crippen LogP contribution in [-0.4, -0.2) is 23.0 Å². The van der Waals surface area contributed by atoms with E-state index in [2.05, 4.69) is 10.3 Å². The molecule has 3 N–H and O–H groups in total. The lowest BCUT2D eigenvalue weighted by atomic mass is 9.82. The summed E-state index contributed by atoms with van der Waals surface area (Å²) in [7, 11) is 0. The number of aromatic nitrogens is 1. The van der Waals surface area contributed by atoms with E-state index in [0.717, 1.165) is 12.8 Å². The van der Waals surface area contributed by atoms with E-state index in [1.54, 1.807) is 10.9 Å². The Hall–Kier alpha value is -0.940. The summed E-state index contributed by atoms with van der Waals surface area (Å²) in [5, 5.41) is 4.62. The van der Waals surface area contributed by atoms with Gasteiger partial charge >= 0.3 is 0 Å². The molecule has 1 aliphatic rings. The molecule has 16 heavy (non-hydrogen) atoms. The van der Waals surface area contributed by atoms with Crippen LogP contribution in [-0.2, 0) is 0 Å². The third-order valence-corrected chi connectivity index (χ3v) is 3.70.